The van der Waals surface area contributed by atoms with E-state index in [2.05, 4.69) is 25.4 Å². The molecule has 0 aliphatic rings. The Labute approximate surface area is 101 Å². The van der Waals surface area contributed by atoms with Crippen molar-refractivity contribution in [3.8, 4) is 0 Å². The molecule has 0 aromatic heterocycles. The van der Waals surface area contributed by atoms with Gasteiger partial charge in [0.15, 0.2) is 0 Å². The lowest BCUT2D eigenvalue weighted by Gasteiger charge is -2.14. The van der Waals surface area contributed by atoms with Crippen molar-refractivity contribution in [2.24, 2.45) is 0 Å². The van der Waals surface area contributed by atoms with E-state index in [1.54, 1.807) is 0 Å². The molecule has 0 radical (unpaired) electrons. The molecule has 1 nitrogen and oxygen atoms in total. The SMILES string of the molecule is C=CCC(CC=C)NCCCCCC.Cl. The average molecular weight is 232 g/mol. The number of rotatable bonds is 10. The normalized spacial score (nSPS) is 9.73. The molecule has 15 heavy (non-hydrogen) atoms. The third-order valence-electron chi connectivity index (χ3n) is 2.37. The Bertz CT molecular complexity index is 135. The summed E-state index contributed by atoms with van der Waals surface area (Å²) in [5.41, 5.74) is 0. The molecule has 0 aromatic rings. The van der Waals surface area contributed by atoms with E-state index in [4.69, 9.17) is 0 Å². The number of hydrogen-bond donors (Lipinski definition) is 1. The molecule has 0 atom stereocenters. The molecule has 0 fully saturated rings. The van der Waals surface area contributed by atoms with Crippen LogP contribution in [-0.4, -0.2) is 12.6 Å². The van der Waals surface area contributed by atoms with Gasteiger partial charge >= 0.3 is 0 Å². The summed E-state index contributed by atoms with van der Waals surface area (Å²) in [5.74, 6) is 0. The molecule has 0 heterocycles. The van der Waals surface area contributed by atoms with Crippen molar-refractivity contribution in [2.75, 3.05) is 6.54 Å². The van der Waals surface area contributed by atoms with Crippen molar-refractivity contribution in [1.82, 2.24) is 5.32 Å². The molecule has 0 saturated carbocycles. The predicted octanol–water partition coefficient (Wildman–Crippen LogP) is 4.10. The maximum Gasteiger partial charge on any atom is 0.0136 e. The van der Waals surface area contributed by atoms with E-state index in [-0.39, 0.29) is 12.4 Å². The lowest BCUT2D eigenvalue weighted by molar-refractivity contribution is 0.499. The first-order valence-corrected chi connectivity index (χ1v) is 5.80. The Hall–Kier alpha value is -0.270. The van der Waals surface area contributed by atoms with Crippen molar-refractivity contribution in [1.29, 1.82) is 0 Å². The summed E-state index contributed by atoms with van der Waals surface area (Å²) < 4.78 is 0. The Morgan fingerprint density at radius 3 is 2.13 bits per heavy atom. The molecule has 0 spiro atoms. The van der Waals surface area contributed by atoms with E-state index in [1.807, 2.05) is 12.2 Å². The Morgan fingerprint density at radius 1 is 1.07 bits per heavy atom. The predicted molar refractivity (Wildman–Crippen MR) is 72.8 cm³/mol. The quantitative estimate of drug-likeness (QED) is 0.441. The smallest absolute Gasteiger partial charge is 0.0136 e. The van der Waals surface area contributed by atoms with Crippen LogP contribution in [0.15, 0.2) is 25.3 Å². The third kappa shape index (κ3) is 11.7. The number of unbranched alkanes of at least 4 members (excludes halogenated alkanes) is 3. The van der Waals surface area contributed by atoms with Gasteiger partial charge in [0.05, 0.1) is 0 Å². The van der Waals surface area contributed by atoms with Gasteiger partial charge < -0.3 is 5.32 Å². The van der Waals surface area contributed by atoms with Crippen molar-refractivity contribution in [2.45, 2.75) is 51.5 Å². The maximum atomic E-state index is 3.77. The molecule has 0 aliphatic carbocycles. The molecule has 1 N–H and O–H groups in total. The van der Waals surface area contributed by atoms with E-state index >= 15 is 0 Å². The van der Waals surface area contributed by atoms with Crippen molar-refractivity contribution in [3.63, 3.8) is 0 Å². The standard InChI is InChI=1S/C13H25N.ClH/c1-4-7-8-9-12-14-13(10-5-2)11-6-3;/h5-6,13-14H,2-4,7-12H2,1H3;1H. The van der Waals surface area contributed by atoms with Crippen LogP contribution >= 0.6 is 12.4 Å². The highest BCUT2D eigenvalue weighted by Gasteiger charge is 2.02. The van der Waals surface area contributed by atoms with Crippen LogP contribution < -0.4 is 5.32 Å². The summed E-state index contributed by atoms with van der Waals surface area (Å²) in [5, 5.41) is 3.54. The molecular formula is C13H26ClN. The van der Waals surface area contributed by atoms with Crippen LogP contribution in [0.4, 0.5) is 0 Å². The average Bonchev–Trinajstić information content (AvgIpc) is 2.18. The number of nitrogens with one attached hydrogen (secondary N) is 1. The first kappa shape index (κ1) is 17.1. The fourth-order valence-corrected chi connectivity index (χ4v) is 1.52. The van der Waals surface area contributed by atoms with E-state index in [0.717, 1.165) is 19.4 Å². The van der Waals surface area contributed by atoms with Gasteiger partial charge in [-0.15, -0.1) is 25.6 Å². The summed E-state index contributed by atoms with van der Waals surface area (Å²) in [4.78, 5) is 0. The largest absolute Gasteiger partial charge is 0.313 e. The van der Waals surface area contributed by atoms with Crippen LogP contribution in [0, 0.1) is 0 Å². The maximum absolute atomic E-state index is 3.77. The molecule has 0 rings (SSSR count). The minimum atomic E-state index is 0. The van der Waals surface area contributed by atoms with Crippen molar-refractivity contribution < 1.29 is 0 Å². The molecule has 0 amide bonds. The van der Waals surface area contributed by atoms with E-state index in [9.17, 15) is 0 Å². The van der Waals surface area contributed by atoms with Gasteiger partial charge in [-0.2, -0.15) is 0 Å². The fraction of sp³-hybridized carbons (Fsp3) is 0.692. The van der Waals surface area contributed by atoms with Crippen LogP contribution in [0.25, 0.3) is 0 Å². The van der Waals surface area contributed by atoms with Crippen LogP contribution in [0.1, 0.15) is 45.4 Å². The monoisotopic (exact) mass is 231 g/mol. The highest BCUT2D eigenvalue weighted by Crippen LogP contribution is 2.02. The summed E-state index contributed by atoms with van der Waals surface area (Å²) in [6.07, 6.45) is 11.3. The highest BCUT2D eigenvalue weighted by molar-refractivity contribution is 5.85. The van der Waals surface area contributed by atoms with E-state index < -0.39 is 0 Å². The lowest BCUT2D eigenvalue weighted by Crippen LogP contribution is -2.28. The molecule has 0 aliphatic heterocycles. The number of halogens is 1. The molecule has 0 unspecified atom stereocenters. The van der Waals surface area contributed by atoms with Gasteiger partial charge in [-0.25, -0.2) is 0 Å². The summed E-state index contributed by atoms with van der Waals surface area (Å²) >= 11 is 0. The van der Waals surface area contributed by atoms with Crippen LogP contribution in [-0.2, 0) is 0 Å². The van der Waals surface area contributed by atoms with Crippen LogP contribution in [0.2, 0.25) is 0 Å². The van der Waals surface area contributed by atoms with Gasteiger partial charge in [-0.1, -0.05) is 38.3 Å². The van der Waals surface area contributed by atoms with Gasteiger partial charge in [-0.3, -0.25) is 0 Å². The summed E-state index contributed by atoms with van der Waals surface area (Å²) in [7, 11) is 0. The topological polar surface area (TPSA) is 12.0 Å². The van der Waals surface area contributed by atoms with Crippen molar-refractivity contribution >= 4 is 12.4 Å². The second-order valence-electron chi connectivity index (χ2n) is 3.76. The molecule has 0 aromatic carbocycles. The second kappa shape index (κ2) is 13.7. The Morgan fingerprint density at radius 2 is 1.67 bits per heavy atom. The van der Waals surface area contributed by atoms with E-state index in [0.29, 0.717) is 6.04 Å². The first-order valence-electron chi connectivity index (χ1n) is 5.80. The minimum Gasteiger partial charge on any atom is -0.313 e. The van der Waals surface area contributed by atoms with Crippen LogP contribution in [0.5, 0.6) is 0 Å². The third-order valence-corrected chi connectivity index (χ3v) is 2.37. The molecule has 0 bridgehead atoms. The minimum absolute atomic E-state index is 0. The van der Waals surface area contributed by atoms with Crippen molar-refractivity contribution in [3.05, 3.63) is 25.3 Å². The Balaban J connectivity index is 0. The zero-order chi connectivity index (χ0) is 10.6. The highest BCUT2D eigenvalue weighted by atomic mass is 35.5. The molecule has 90 valence electrons. The first-order chi connectivity index (χ1) is 6.85. The van der Waals surface area contributed by atoms with Gasteiger partial charge in [0.25, 0.3) is 0 Å². The van der Waals surface area contributed by atoms with Crippen LogP contribution in [0.3, 0.4) is 0 Å². The molecular weight excluding hydrogens is 206 g/mol. The zero-order valence-corrected chi connectivity index (χ0v) is 10.8. The second-order valence-corrected chi connectivity index (χ2v) is 3.76. The Kier molecular flexibility index (Phi) is 15.7. The summed E-state index contributed by atoms with van der Waals surface area (Å²) in [6.45, 7) is 10.9. The molecule has 2 heteroatoms. The van der Waals surface area contributed by atoms with Gasteiger partial charge in [-0.05, 0) is 25.8 Å². The van der Waals surface area contributed by atoms with Gasteiger partial charge in [0, 0.05) is 6.04 Å². The fourth-order valence-electron chi connectivity index (χ4n) is 1.52. The lowest BCUT2D eigenvalue weighted by atomic mass is 10.1. The number of hydrogen-bond acceptors (Lipinski definition) is 1. The van der Waals surface area contributed by atoms with Gasteiger partial charge in [0.2, 0.25) is 0 Å². The zero-order valence-electron chi connectivity index (χ0n) is 10.0. The summed E-state index contributed by atoms with van der Waals surface area (Å²) in [6, 6.07) is 0.548. The molecule has 0 saturated heterocycles. The van der Waals surface area contributed by atoms with Gasteiger partial charge in [0.1, 0.15) is 0 Å². The van der Waals surface area contributed by atoms with E-state index in [1.165, 1.54) is 25.7 Å².